The van der Waals surface area contributed by atoms with Crippen molar-refractivity contribution >= 4 is 0 Å². The fourth-order valence-corrected chi connectivity index (χ4v) is 1.62. The maximum atomic E-state index is 5.78. The summed E-state index contributed by atoms with van der Waals surface area (Å²) in [5.74, 6) is 0. The van der Waals surface area contributed by atoms with Crippen LogP contribution in [0.25, 0.3) is 0 Å². The van der Waals surface area contributed by atoms with Crippen LogP contribution in [0.3, 0.4) is 0 Å². The molecule has 0 bridgehead atoms. The van der Waals surface area contributed by atoms with Gasteiger partial charge in [0.15, 0.2) is 0 Å². The third-order valence-electron chi connectivity index (χ3n) is 3.32. The Hall–Kier alpha value is -0.860. The number of hydrogen-bond donors (Lipinski definition) is 1. The van der Waals surface area contributed by atoms with Gasteiger partial charge < -0.3 is 5.73 Å². The molecular weight excluding hydrogens is 184 g/mol. The third-order valence-corrected chi connectivity index (χ3v) is 3.32. The van der Waals surface area contributed by atoms with Crippen LogP contribution in [0.4, 0.5) is 0 Å². The highest BCUT2D eigenvalue weighted by Crippen LogP contribution is 2.25. The lowest BCUT2D eigenvalue weighted by atomic mass is 9.98. The van der Waals surface area contributed by atoms with E-state index in [1.165, 1.54) is 5.56 Å². The molecule has 0 aromatic heterocycles. The lowest BCUT2D eigenvalue weighted by Gasteiger charge is -2.39. The molecule has 84 valence electrons. The van der Waals surface area contributed by atoms with E-state index in [4.69, 9.17) is 5.73 Å². The number of likely N-dealkylation sites (N-methyl/N-ethyl adjacent to an activating group) is 1. The maximum Gasteiger partial charge on any atom is 0.0322 e. The van der Waals surface area contributed by atoms with E-state index < -0.39 is 0 Å². The molecule has 0 aliphatic carbocycles. The maximum absolute atomic E-state index is 5.78. The number of nitrogens with zero attached hydrogens (tertiary/aromatic N) is 1. The quantitative estimate of drug-likeness (QED) is 0.819. The predicted molar refractivity (Wildman–Crippen MR) is 65.8 cm³/mol. The summed E-state index contributed by atoms with van der Waals surface area (Å²) in [6.45, 7) is 7.23. The van der Waals surface area contributed by atoms with Crippen LogP contribution >= 0.6 is 0 Å². The average Bonchev–Trinajstić information content (AvgIpc) is 2.28. The van der Waals surface area contributed by atoms with Gasteiger partial charge in [-0.3, -0.25) is 4.90 Å². The number of rotatable bonds is 4. The van der Waals surface area contributed by atoms with E-state index >= 15 is 0 Å². The van der Waals surface area contributed by atoms with Gasteiger partial charge in [-0.05, 0) is 33.4 Å². The molecule has 0 heterocycles. The first-order valence-electron chi connectivity index (χ1n) is 5.47. The van der Waals surface area contributed by atoms with Crippen molar-refractivity contribution in [2.45, 2.75) is 32.4 Å². The van der Waals surface area contributed by atoms with Gasteiger partial charge in [-0.2, -0.15) is 0 Å². The standard InChI is InChI=1S/C13H22N2/c1-11(12-8-6-5-7-9-12)15(4)13(2,3)10-14/h5-9,11H,10,14H2,1-4H3. The highest BCUT2D eigenvalue weighted by Gasteiger charge is 2.26. The molecule has 2 nitrogen and oxygen atoms in total. The van der Waals surface area contributed by atoms with Gasteiger partial charge in [0.05, 0.1) is 0 Å². The summed E-state index contributed by atoms with van der Waals surface area (Å²) in [7, 11) is 2.13. The number of nitrogens with two attached hydrogens (primary N) is 1. The van der Waals surface area contributed by atoms with Crippen LogP contribution < -0.4 is 5.73 Å². The van der Waals surface area contributed by atoms with Crippen molar-refractivity contribution in [3.05, 3.63) is 35.9 Å². The van der Waals surface area contributed by atoms with E-state index in [0.29, 0.717) is 12.6 Å². The van der Waals surface area contributed by atoms with E-state index in [-0.39, 0.29) is 5.54 Å². The molecule has 1 unspecified atom stereocenters. The normalized spacial score (nSPS) is 14.3. The molecule has 0 saturated heterocycles. The Balaban J connectivity index is 2.82. The van der Waals surface area contributed by atoms with Crippen molar-refractivity contribution in [3.63, 3.8) is 0 Å². The Kier molecular flexibility index (Phi) is 3.89. The van der Waals surface area contributed by atoms with Crippen molar-refractivity contribution in [2.75, 3.05) is 13.6 Å². The van der Waals surface area contributed by atoms with Gasteiger partial charge in [-0.1, -0.05) is 30.3 Å². The monoisotopic (exact) mass is 206 g/mol. The Morgan fingerprint density at radius 2 is 1.80 bits per heavy atom. The minimum absolute atomic E-state index is 0.0370. The molecule has 1 aromatic carbocycles. The second kappa shape index (κ2) is 4.77. The van der Waals surface area contributed by atoms with Crippen LogP contribution in [0.15, 0.2) is 30.3 Å². The first-order valence-corrected chi connectivity index (χ1v) is 5.47. The summed E-state index contributed by atoms with van der Waals surface area (Å²) in [5.41, 5.74) is 7.15. The van der Waals surface area contributed by atoms with Gasteiger partial charge in [-0.15, -0.1) is 0 Å². The van der Waals surface area contributed by atoms with Crippen LogP contribution in [-0.4, -0.2) is 24.0 Å². The van der Waals surface area contributed by atoms with Crippen molar-refractivity contribution in [1.29, 1.82) is 0 Å². The lowest BCUT2D eigenvalue weighted by molar-refractivity contribution is 0.117. The Bertz CT molecular complexity index is 293. The smallest absolute Gasteiger partial charge is 0.0322 e. The average molecular weight is 206 g/mol. The number of hydrogen-bond acceptors (Lipinski definition) is 2. The fourth-order valence-electron chi connectivity index (χ4n) is 1.62. The molecule has 0 radical (unpaired) electrons. The largest absolute Gasteiger partial charge is 0.329 e. The van der Waals surface area contributed by atoms with E-state index in [9.17, 15) is 0 Å². The molecule has 0 aliphatic rings. The van der Waals surface area contributed by atoms with Crippen molar-refractivity contribution in [2.24, 2.45) is 5.73 Å². The summed E-state index contributed by atoms with van der Waals surface area (Å²) < 4.78 is 0. The SMILES string of the molecule is CC(c1ccccc1)N(C)C(C)(C)CN. The summed E-state index contributed by atoms with van der Waals surface area (Å²) >= 11 is 0. The summed E-state index contributed by atoms with van der Waals surface area (Å²) in [4.78, 5) is 2.32. The minimum Gasteiger partial charge on any atom is -0.329 e. The van der Waals surface area contributed by atoms with Gasteiger partial charge in [0.25, 0.3) is 0 Å². The third kappa shape index (κ3) is 2.80. The summed E-state index contributed by atoms with van der Waals surface area (Å²) in [6.07, 6.45) is 0. The van der Waals surface area contributed by atoms with E-state index in [1.54, 1.807) is 0 Å². The molecule has 1 rings (SSSR count). The molecule has 0 fully saturated rings. The highest BCUT2D eigenvalue weighted by molar-refractivity contribution is 5.18. The first-order chi connectivity index (χ1) is 6.99. The molecule has 2 heteroatoms. The Morgan fingerprint density at radius 3 is 2.27 bits per heavy atom. The molecule has 15 heavy (non-hydrogen) atoms. The molecular formula is C13H22N2. The van der Waals surface area contributed by atoms with E-state index in [0.717, 1.165) is 0 Å². The van der Waals surface area contributed by atoms with E-state index in [2.05, 4.69) is 57.0 Å². The minimum atomic E-state index is 0.0370. The zero-order valence-corrected chi connectivity index (χ0v) is 10.2. The second-order valence-corrected chi connectivity index (χ2v) is 4.71. The zero-order valence-electron chi connectivity index (χ0n) is 10.2. The summed E-state index contributed by atoms with van der Waals surface area (Å²) in [5, 5.41) is 0. The fraction of sp³-hybridized carbons (Fsp3) is 0.538. The van der Waals surface area contributed by atoms with Crippen LogP contribution in [0, 0.1) is 0 Å². The highest BCUT2D eigenvalue weighted by atomic mass is 15.2. The molecule has 0 amide bonds. The van der Waals surface area contributed by atoms with Crippen LogP contribution in [0.5, 0.6) is 0 Å². The lowest BCUT2D eigenvalue weighted by Crippen LogP contribution is -2.48. The van der Waals surface area contributed by atoms with Crippen molar-refractivity contribution in [1.82, 2.24) is 4.90 Å². The Morgan fingerprint density at radius 1 is 1.27 bits per heavy atom. The molecule has 2 N–H and O–H groups in total. The van der Waals surface area contributed by atoms with Crippen LogP contribution in [0.2, 0.25) is 0 Å². The second-order valence-electron chi connectivity index (χ2n) is 4.71. The first kappa shape index (κ1) is 12.2. The van der Waals surface area contributed by atoms with Gasteiger partial charge in [0, 0.05) is 18.1 Å². The molecule has 0 spiro atoms. The van der Waals surface area contributed by atoms with Crippen LogP contribution in [-0.2, 0) is 0 Å². The Labute approximate surface area is 93.1 Å². The van der Waals surface area contributed by atoms with Crippen molar-refractivity contribution < 1.29 is 0 Å². The molecule has 0 saturated carbocycles. The molecule has 1 atom stereocenters. The molecule has 1 aromatic rings. The van der Waals surface area contributed by atoms with Crippen LogP contribution in [0.1, 0.15) is 32.4 Å². The topological polar surface area (TPSA) is 29.3 Å². The van der Waals surface area contributed by atoms with Crippen molar-refractivity contribution in [3.8, 4) is 0 Å². The van der Waals surface area contributed by atoms with Gasteiger partial charge in [-0.25, -0.2) is 0 Å². The van der Waals surface area contributed by atoms with Gasteiger partial charge >= 0.3 is 0 Å². The van der Waals surface area contributed by atoms with Gasteiger partial charge in [0.1, 0.15) is 0 Å². The van der Waals surface area contributed by atoms with Gasteiger partial charge in [0.2, 0.25) is 0 Å². The van der Waals surface area contributed by atoms with E-state index in [1.807, 2.05) is 6.07 Å². The molecule has 0 aliphatic heterocycles. The summed E-state index contributed by atoms with van der Waals surface area (Å²) in [6, 6.07) is 10.9. The number of benzene rings is 1. The zero-order chi connectivity index (χ0) is 11.5. The predicted octanol–water partition coefficient (Wildman–Crippen LogP) is 2.42.